The highest BCUT2D eigenvalue weighted by Crippen LogP contribution is 2.19. The Labute approximate surface area is 161 Å². The van der Waals surface area contributed by atoms with Crippen LogP contribution in [0.15, 0.2) is 59.4 Å². The lowest BCUT2D eigenvalue weighted by atomic mass is 10.2. The third-order valence-corrected chi connectivity index (χ3v) is 4.81. The molecule has 0 atom stereocenters. The smallest absolute Gasteiger partial charge is 0.262 e. The number of hydrazine groups is 1. The Morgan fingerprint density at radius 1 is 1.07 bits per heavy atom. The summed E-state index contributed by atoms with van der Waals surface area (Å²) in [7, 11) is 0. The van der Waals surface area contributed by atoms with E-state index < -0.39 is 0 Å². The van der Waals surface area contributed by atoms with Crippen LogP contribution in [-0.4, -0.2) is 20.0 Å². The van der Waals surface area contributed by atoms with Gasteiger partial charge in [0.1, 0.15) is 6.54 Å². The molecular weight excluding hydrogens is 354 g/mol. The maximum Gasteiger partial charge on any atom is 0.262 e. The van der Waals surface area contributed by atoms with Gasteiger partial charge in [-0.15, -0.1) is 0 Å². The second kappa shape index (κ2) is 7.19. The number of nitrogens with one attached hydrogen (secondary N) is 2. The summed E-state index contributed by atoms with van der Waals surface area (Å²) in [6, 6.07) is 17.2. The summed E-state index contributed by atoms with van der Waals surface area (Å²) in [6.07, 6.45) is 0. The van der Waals surface area contributed by atoms with Gasteiger partial charge in [0.2, 0.25) is 5.95 Å². The number of para-hydroxylation sites is 2. The number of carbonyl (C=O) groups excluding carboxylic acids is 1. The number of rotatable bonds is 5. The first-order chi connectivity index (χ1) is 13.6. The van der Waals surface area contributed by atoms with Crippen molar-refractivity contribution in [2.75, 3.05) is 5.43 Å². The third-order valence-electron chi connectivity index (χ3n) is 4.81. The summed E-state index contributed by atoms with van der Waals surface area (Å²) in [6.45, 7) is 4.44. The molecule has 0 aliphatic heterocycles. The Balaban J connectivity index is 1.56. The van der Waals surface area contributed by atoms with Gasteiger partial charge in [0.15, 0.2) is 0 Å². The number of hydrogen-bond acceptors (Lipinski definition) is 4. The minimum absolute atomic E-state index is 0.142. The molecule has 0 spiro atoms. The van der Waals surface area contributed by atoms with E-state index in [0.29, 0.717) is 23.4 Å². The van der Waals surface area contributed by atoms with Crippen LogP contribution in [-0.2, 0) is 17.9 Å². The van der Waals surface area contributed by atoms with Crippen molar-refractivity contribution >= 4 is 33.7 Å². The molecule has 0 saturated carbocycles. The predicted octanol–water partition coefficient (Wildman–Crippen LogP) is 2.82. The molecule has 0 aliphatic carbocycles. The number of fused-ring (bicyclic) bond motifs is 2. The predicted molar refractivity (Wildman–Crippen MR) is 110 cm³/mol. The summed E-state index contributed by atoms with van der Waals surface area (Å²) in [5, 5.41) is 1.65. The van der Waals surface area contributed by atoms with Crippen molar-refractivity contribution in [3.63, 3.8) is 0 Å². The third kappa shape index (κ3) is 3.11. The van der Waals surface area contributed by atoms with Crippen LogP contribution in [0.2, 0.25) is 0 Å². The van der Waals surface area contributed by atoms with E-state index >= 15 is 0 Å². The van der Waals surface area contributed by atoms with E-state index in [1.54, 1.807) is 12.1 Å². The highest BCUT2D eigenvalue weighted by atomic mass is 16.2. The number of nitrogens with zero attached hydrogens (tertiary/aromatic N) is 3. The SMILES string of the molecule is CCn1c(NNC(=O)Cn2c(C)cc3ccccc32)nc2ccccc2c1=O. The van der Waals surface area contributed by atoms with Crippen LogP contribution < -0.4 is 16.4 Å². The lowest BCUT2D eigenvalue weighted by Crippen LogP contribution is -2.36. The quantitative estimate of drug-likeness (QED) is 0.526. The molecule has 0 bridgehead atoms. The fourth-order valence-electron chi connectivity index (χ4n) is 3.42. The summed E-state index contributed by atoms with van der Waals surface area (Å²) in [5.74, 6) is 0.0862. The van der Waals surface area contributed by atoms with Crippen LogP contribution in [0.3, 0.4) is 0 Å². The molecule has 0 radical (unpaired) electrons. The molecule has 142 valence electrons. The highest BCUT2D eigenvalue weighted by molar-refractivity contribution is 5.85. The topological polar surface area (TPSA) is 81.0 Å². The summed E-state index contributed by atoms with van der Waals surface area (Å²) >= 11 is 0. The first kappa shape index (κ1) is 17.8. The van der Waals surface area contributed by atoms with Gasteiger partial charge in [0.25, 0.3) is 11.5 Å². The Kier molecular flexibility index (Phi) is 4.57. The van der Waals surface area contributed by atoms with Crippen LogP contribution in [0.1, 0.15) is 12.6 Å². The van der Waals surface area contributed by atoms with Gasteiger partial charge in [0.05, 0.1) is 10.9 Å². The molecule has 0 fully saturated rings. The van der Waals surface area contributed by atoms with Gasteiger partial charge in [-0.05, 0) is 43.5 Å². The molecule has 2 aromatic carbocycles. The van der Waals surface area contributed by atoms with E-state index in [-0.39, 0.29) is 18.0 Å². The van der Waals surface area contributed by atoms with Crippen molar-refractivity contribution in [3.8, 4) is 0 Å². The van der Waals surface area contributed by atoms with Crippen LogP contribution in [0, 0.1) is 6.92 Å². The van der Waals surface area contributed by atoms with Crippen molar-refractivity contribution in [1.82, 2.24) is 19.5 Å². The average Bonchev–Trinajstić information content (AvgIpc) is 3.02. The Morgan fingerprint density at radius 2 is 1.82 bits per heavy atom. The van der Waals surface area contributed by atoms with E-state index in [4.69, 9.17) is 0 Å². The Hall–Kier alpha value is -3.61. The number of hydrogen-bond donors (Lipinski definition) is 2. The fourth-order valence-corrected chi connectivity index (χ4v) is 3.42. The first-order valence-corrected chi connectivity index (χ1v) is 9.18. The zero-order valence-corrected chi connectivity index (χ0v) is 15.8. The van der Waals surface area contributed by atoms with Gasteiger partial charge < -0.3 is 4.57 Å². The Morgan fingerprint density at radius 3 is 2.64 bits per heavy atom. The second-order valence-electron chi connectivity index (χ2n) is 6.61. The number of benzene rings is 2. The molecule has 4 aromatic rings. The van der Waals surface area contributed by atoms with E-state index in [1.807, 2.05) is 54.8 Å². The molecule has 7 nitrogen and oxygen atoms in total. The summed E-state index contributed by atoms with van der Waals surface area (Å²) in [4.78, 5) is 29.6. The standard InChI is InChI=1S/C21H21N5O2/c1-3-25-20(28)16-9-5-6-10-17(16)22-21(25)24-23-19(27)13-26-14(2)12-15-8-4-7-11-18(15)26/h4-12H,3,13H2,1-2H3,(H,22,24)(H,23,27). The maximum atomic E-state index is 12.6. The number of carbonyl (C=O) groups is 1. The molecule has 4 rings (SSSR count). The van der Waals surface area contributed by atoms with Crippen molar-refractivity contribution < 1.29 is 4.79 Å². The normalized spacial score (nSPS) is 11.1. The fraction of sp³-hybridized carbons (Fsp3) is 0.190. The van der Waals surface area contributed by atoms with Crippen LogP contribution in [0.4, 0.5) is 5.95 Å². The molecule has 0 unspecified atom stereocenters. The minimum Gasteiger partial charge on any atom is -0.335 e. The van der Waals surface area contributed by atoms with Crippen LogP contribution in [0.25, 0.3) is 21.8 Å². The molecule has 28 heavy (non-hydrogen) atoms. The minimum atomic E-state index is -0.227. The highest BCUT2D eigenvalue weighted by Gasteiger charge is 2.12. The van der Waals surface area contributed by atoms with E-state index in [0.717, 1.165) is 16.6 Å². The molecule has 1 amide bonds. The molecule has 2 heterocycles. The van der Waals surface area contributed by atoms with E-state index in [9.17, 15) is 9.59 Å². The van der Waals surface area contributed by atoms with Crippen molar-refractivity contribution in [1.29, 1.82) is 0 Å². The van der Waals surface area contributed by atoms with Gasteiger partial charge in [-0.25, -0.2) is 4.98 Å². The van der Waals surface area contributed by atoms with Crippen LogP contribution in [0.5, 0.6) is 0 Å². The van der Waals surface area contributed by atoms with Crippen molar-refractivity contribution in [2.24, 2.45) is 0 Å². The molecular formula is C21H21N5O2. The zero-order chi connectivity index (χ0) is 19.7. The molecule has 0 aliphatic rings. The van der Waals surface area contributed by atoms with Crippen molar-refractivity contribution in [3.05, 3.63) is 70.6 Å². The summed E-state index contributed by atoms with van der Waals surface area (Å²) in [5.41, 5.74) is 7.93. The maximum absolute atomic E-state index is 12.6. The van der Waals surface area contributed by atoms with Gasteiger partial charge in [0, 0.05) is 17.8 Å². The molecule has 7 heteroatoms. The molecule has 2 aromatic heterocycles. The molecule has 0 saturated heterocycles. The lowest BCUT2D eigenvalue weighted by Gasteiger charge is -2.15. The number of amides is 1. The number of aromatic nitrogens is 3. The van der Waals surface area contributed by atoms with Gasteiger partial charge in [-0.1, -0.05) is 30.3 Å². The molecule has 2 N–H and O–H groups in total. The number of anilines is 1. The Bertz CT molecular complexity index is 1240. The second-order valence-corrected chi connectivity index (χ2v) is 6.61. The monoisotopic (exact) mass is 375 g/mol. The number of aryl methyl sites for hydroxylation is 1. The first-order valence-electron chi connectivity index (χ1n) is 9.18. The summed E-state index contributed by atoms with van der Waals surface area (Å²) < 4.78 is 3.45. The average molecular weight is 375 g/mol. The van der Waals surface area contributed by atoms with E-state index in [2.05, 4.69) is 21.9 Å². The van der Waals surface area contributed by atoms with Gasteiger partial charge >= 0.3 is 0 Å². The van der Waals surface area contributed by atoms with Gasteiger partial charge in [-0.2, -0.15) is 0 Å². The van der Waals surface area contributed by atoms with Crippen molar-refractivity contribution in [2.45, 2.75) is 26.9 Å². The largest absolute Gasteiger partial charge is 0.335 e. The lowest BCUT2D eigenvalue weighted by molar-refractivity contribution is -0.121. The van der Waals surface area contributed by atoms with Gasteiger partial charge in [-0.3, -0.25) is 25.0 Å². The van der Waals surface area contributed by atoms with Crippen LogP contribution >= 0.6 is 0 Å². The van der Waals surface area contributed by atoms with E-state index in [1.165, 1.54) is 4.57 Å². The zero-order valence-electron chi connectivity index (χ0n) is 15.8.